The van der Waals surface area contributed by atoms with Crippen LogP contribution >= 0.6 is 0 Å². The zero-order valence-electron chi connectivity index (χ0n) is 16.7. The van der Waals surface area contributed by atoms with Crippen LogP contribution in [0.3, 0.4) is 0 Å². The van der Waals surface area contributed by atoms with Gasteiger partial charge in [0.05, 0.1) is 19.9 Å². The number of H-pyrrole nitrogens is 1. The van der Waals surface area contributed by atoms with E-state index in [1.807, 2.05) is 0 Å². The fourth-order valence-electron chi connectivity index (χ4n) is 3.20. The van der Waals surface area contributed by atoms with Gasteiger partial charge in [-0.25, -0.2) is 4.79 Å². The Hall–Kier alpha value is -4.33. The molecular weight excluding hydrogens is 400 g/mol. The predicted molar refractivity (Wildman–Crippen MR) is 115 cm³/mol. The first-order valence-corrected chi connectivity index (χ1v) is 9.29. The number of aromatic amines is 1. The first-order chi connectivity index (χ1) is 15.0. The number of carbonyl (C=O) groups excluding carboxylic acids is 2. The molecular formula is C23H18N2O6. The summed E-state index contributed by atoms with van der Waals surface area (Å²) < 4.78 is 15.9. The first-order valence-electron chi connectivity index (χ1n) is 9.29. The van der Waals surface area contributed by atoms with Gasteiger partial charge in [0.1, 0.15) is 11.3 Å². The van der Waals surface area contributed by atoms with Gasteiger partial charge in [0, 0.05) is 23.4 Å². The molecule has 0 aliphatic carbocycles. The van der Waals surface area contributed by atoms with Crippen LogP contribution in [0.15, 0.2) is 59.5 Å². The molecule has 1 amide bonds. The van der Waals surface area contributed by atoms with E-state index < -0.39 is 11.5 Å². The lowest BCUT2D eigenvalue weighted by molar-refractivity contribution is -0.110. The third kappa shape index (κ3) is 3.91. The van der Waals surface area contributed by atoms with Crippen molar-refractivity contribution in [2.24, 2.45) is 0 Å². The fraction of sp³-hybridized carbons (Fsp3) is 0.0870. The number of fused-ring (bicyclic) bond motifs is 1. The number of aromatic nitrogens is 1. The van der Waals surface area contributed by atoms with Crippen LogP contribution in [-0.4, -0.2) is 31.1 Å². The van der Waals surface area contributed by atoms with Gasteiger partial charge < -0.3 is 24.5 Å². The SMILES string of the molecule is COc1cc2c(cc1OC)/C(=C\c1ccc(OC(=O)c3ccc[nH]c3=O)cc1)C(=O)N2. The Morgan fingerprint density at radius 2 is 1.68 bits per heavy atom. The Labute approximate surface area is 177 Å². The lowest BCUT2D eigenvalue weighted by Gasteiger charge is -2.09. The number of carbonyl (C=O) groups is 2. The van der Waals surface area contributed by atoms with Gasteiger partial charge in [-0.3, -0.25) is 9.59 Å². The zero-order valence-corrected chi connectivity index (χ0v) is 16.7. The van der Waals surface area contributed by atoms with Crippen molar-refractivity contribution in [2.75, 3.05) is 19.5 Å². The first kappa shape index (κ1) is 20.0. The van der Waals surface area contributed by atoms with Crippen molar-refractivity contribution in [2.45, 2.75) is 0 Å². The maximum atomic E-state index is 12.5. The third-order valence-corrected chi connectivity index (χ3v) is 4.75. The Balaban J connectivity index is 1.58. The van der Waals surface area contributed by atoms with Crippen LogP contribution in [0.5, 0.6) is 17.2 Å². The van der Waals surface area contributed by atoms with E-state index in [-0.39, 0.29) is 17.2 Å². The number of esters is 1. The summed E-state index contributed by atoms with van der Waals surface area (Å²) in [5.41, 5.74) is 1.92. The number of hydrogen-bond donors (Lipinski definition) is 2. The minimum Gasteiger partial charge on any atom is -0.493 e. The van der Waals surface area contributed by atoms with E-state index in [9.17, 15) is 14.4 Å². The van der Waals surface area contributed by atoms with E-state index >= 15 is 0 Å². The molecule has 2 heterocycles. The molecule has 8 heteroatoms. The summed E-state index contributed by atoms with van der Waals surface area (Å²) in [4.78, 5) is 38.8. The van der Waals surface area contributed by atoms with Crippen LogP contribution in [0.1, 0.15) is 21.5 Å². The summed E-state index contributed by atoms with van der Waals surface area (Å²) in [6.45, 7) is 0. The average molecular weight is 418 g/mol. The molecule has 1 aliphatic heterocycles. The van der Waals surface area contributed by atoms with Gasteiger partial charge in [0.2, 0.25) is 0 Å². The van der Waals surface area contributed by atoms with E-state index in [1.54, 1.807) is 48.5 Å². The van der Waals surface area contributed by atoms with Crippen LogP contribution in [0.2, 0.25) is 0 Å². The predicted octanol–water partition coefficient (Wildman–Crippen LogP) is 3.10. The molecule has 1 aliphatic rings. The molecule has 0 radical (unpaired) electrons. The maximum Gasteiger partial charge on any atom is 0.349 e. The molecule has 0 atom stereocenters. The molecule has 0 fully saturated rings. The Bertz CT molecular complexity index is 1260. The summed E-state index contributed by atoms with van der Waals surface area (Å²) in [6, 6.07) is 13.0. The van der Waals surface area contributed by atoms with E-state index in [0.717, 1.165) is 5.56 Å². The van der Waals surface area contributed by atoms with Crippen molar-refractivity contribution in [3.63, 3.8) is 0 Å². The van der Waals surface area contributed by atoms with E-state index in [1.165, 1.54) is 26.5 Å². The Morgan fingerprint density at radius 3 is 2.35 bits per heavy atom. The highest BCUT2D eigenvalue weighted by molar-refractivity contribution is 6.35. The summed E-state index contributed by atoms with van der Waals surface area (Å²) in [5.74, 6) is 0.313. The van der Waals surface area contributed by atoms with E-state index in [2.05, 4.69) is 10.3 Å². The zero-order chi connectivity index (χ0) is 22.0. The lowest BCUT2D eigenvalue weighted by Crippen LogP contribution is -2.20. The van der Waals surface area contributed by atoms with Crippen molar-refractivity contribution in [1.29, 1.82) is 0 Å². The Kier molecular flexibility index (Phi) is 5.28. The van der Waals surface area contributed by atoms with Crippen LogP contribution in [-0.2, 0) is 4.79 Å². The summed E-state index contributed by atoms with van der Waals surface area (Å²) in [7, 11) is 3.06. The molecule has 1 aromatic heterocycles. The topological polar surface area (TPSA) is 107 Å². The second-order valence-corrected chi connectivity index (χ2v) is 6.64. The number of hydrogen-bond acceptors (Lipinski definition) is 6. The standard InChI is InChI=1S/C23H18N2O6/c1-29-19-11-16-17(22(27)25-18(16)12-20(19)30-2)10-13-5-7-14(8-6-13)31-23(28)15-4-3-9-24-21(15)26/h3-12H,1-2H3,(H,24,26)(H,25,27)/b17-10+. The average Bonchev–Trinajstić information content (AvgIpc) is 3.08. The molecule has 0 saturated heterocycles. The second kappa shape index (κ2) is 8.19. The normalized spacial score (nSPS) is 13.5. The summed E-state index contributed by atoms with van der Waals surface area (Å²) in [6.07, 6.45) is 3.16. The molecule has 3 aromatic rings. The van der Waals surface area contributed by atoms with Crippen molar-refractivity contribution in [1.82, 2.24) is 4.98 Å². The minimum atomic E-state index is -0.752. The van der Waals surface area contributed by atoms with Crippen molar-refractivity contribution < 1.29 is 23.8 Å². The lowest BCUT2D eigenvalue weighted by atomic mass is 10.0. The molecule has 0 saturated carbocycles. The highest BCUT2D eigenvalue weighted by Crippen LogP contribution is 2.41. The summed E-state index contributed by atoms with van der Waals surface area (Å²) in [5, 5.41) is 2.81. The summed E-state index contributed by atoms with van der Waals surface area (Å²) >= 11 is 0. The Morgan fingerprint density at radius 1 is 0.968 bits per heavy atom. The van der Waals surface area contributed by atoms with Crippen LogP contribution in [0.4, 0.5) is 5.69 Å². The van der Waals surface area contributed by atoms with Gasteiger partial charge in [-0.1, -0.05) is 12.1 Å². The van der Waals surface area contributed by atoms with Crippen molar-refractivity contribution >= 4 is 29.2 Å². The number of methoxy groups -OCH3 is 2. The largest absolute Gasteiger partial charge is 0.493 e. The van der Waals surface area contributed by atoms with Gasteiger partial charge in [0.15, 0.2) is 11.5 Å². The molecule has 2 aromatic carbocycles. The van der Waals surface area contributed by atoms with Gasteiger partial charge in [0.25, 0.3) is 11.5 Å². The molecule has 156 valence electrons. The van der Waals surface area contributed by atoms with Crippen molar-refractivity contribution in [3.05, 3.63) is 81.8 Å². The number of nitrogens with one attached hydrogen (secondary N) is 2. The third-order valence-electron chi connectivity index (χ3n) is 4.75. The van der Waals surface area contributed by atoms with Crippen molar-refractivity contribution in [3.8, 4) is 17.2 Å². The smallest absolute Gasteiger partial charge is 0.349 e. The van der Waals surface area contributed by atoms with Crippen LogP contribution in [0.25, 0.3) is 11.6 Å². The molecule has 0 unspecified atom stereocenters. The quantitative estimate of drug-likeness (QED) is 0.375. The second-order valence-electron chi connectivity index (χ2n) is 6.64. The van der Waals surface area contributed by atoms with Gasteiger partial charge >= 0.3 is 5.97 Å². The van der Waals surface area contributed by atoms with Gasteiger partial charge in [-0.15, -0.1) is 0 Å². The molecule has 0 spiro atoms. The highest BCUT2D eigenvalue weighted by atomic mass is 16.5. The highest BCUT2D eigenvalue weighted by Gasteiger charge is 2.26. The van der Waals surface area contributed by atoms with Gasteiger partial charge in [-0.05, 0) is 42.0 Å². The molecule has 0 bridgehead atoms. The molecule has 8 nitrogen and oxygen atoms in total. The fourth-order valence-corrected chi connectivity index (χ4v) is 3.20. The number of rotatable bonds is 5. The molecule has 4 rings (SSSR count). The van der Waals surface area contributed by atoms with Crippen LogP contribution in [0, 0.1) is 0 Å². The molecule has 31 heavy (non-hydrogen) atoms. The van der Waals surface area contributed by atoms with Crippen LogP contribution < -0.4 is 25.1 Å². The number of anilines is 1. The number of pyridine rings is 1. The maximum absolute atomic E-state index is 12.5. The monoisotopic (exact) mass is 418 g/mol. The number of benzene rings is 2. The number of ether oxygens (including phenoxy) is 3. The van der Waals surface area contributed by atoms with E-state index in [0.29, 0.717) is 28.3 Å². The van der Waals surface area contributed by atoms with Gasteiger partial charge in [-0.2, -0.15) is 0 Å². The number of amides is 1. The molecule has 2 N–H and O–H groups in total. The van der Waals surface area contributed by atoms with E-state index in [4.69, 9.17) is 14.2 Å². The minimum absolute atomic E-state index is 0.0858.